The van der Waals surface area contributed by atoms with Crippen LogP contribution < -0.4 is 5.73 Å². The van der Waals surface area contributed by atoms with Crippen LogP contribution in [0.5, 0.6) is 0 Å². The van der Waals surface area contributed by atoms with E-state index in [4.69, 9.17) is 22.1 Å². The maximum Gasteiger partial charge on any atom is 0.324 e. The zero-order valence-electron chi connectivity index (χ0n) is 11.6. The van der Waals surface area contributed by atoms with Crippen molar-refractivity contribution in [2.75, 3.05) is 18.9 Å². The van der Waals surface area contributed by atoms with Crippen LogP contribution in [0.2, 0.25) is 5.02 Å². The first-order valence-electron chi connectivity index (χ1n) is 6.61. The molecule has 1 atom stereocenters. The van der Waals surface area contributed by atoms with E-state index in [1.807, 2.05) is 0 Å². The lowest BCUT2D eigenvalue weighted by atomic mass is 10.2. The van der Waals surface area contributed by atoms with Gasteiger partial charge in [0.05, 0.1) is 11.6 Å². The van der Waals surface area contributed by atoms with Gasteiger partial charge < -0.3 is 10.5 Å². The van der Waals surface area contributed by atoms with Crippen molar-refractivity contribution in [3.05, 3.63) is 23.2 Å². The van der Waals surface area contributed by atoms with E-state index in [-0.39, 0.29) is 23.1 Å². The number of nitrogens with zero attached hydrogens (tertiary/aromatic N) is 1. The maximum absolute atomic E-state index is 12.7. The first kappa shape index (κ1) is 16.1. The smallest absolute Gasteiger partial charge is 0.324 e. The fraction of sp³-hybridized carbons (Fsp3) is 0.462. The summed E-state index contributed by atoms with van der Waals surface area (Å²) in [7, 11) is -3.88. The van der Waals surface area contributed by atoms with Gasteiger partial charge in [0.15, 0.2) is 0 Å². The molecule has 0 saturated carbocycles. The minimum absolute atomic E-state index is 0.0821. The van der Waals surface area contributed by atoms with E-state index in [1.165, 1.54) is 18.2 Å². The van der Waals surface area contributed by atoms with Crippen molar-refractivity contribution in [2.45, 2.75) is 30.7 Å². The summed E-state index contributed by atoms with van der Waals surface area (Å²) >= 11 is 5.97. The molecule has 1 aromatic carbocycles. The van der Waals surface area contributed by atoms with Crippen LogP contribution in [-0.2, 0) is 19.6 Å². The molecule has 6 nitrogen and oxygen atoms in total. The molecule has 2 rings (SSSR count). The van der Waals surface area contributed by atoms with Gasteiger partial charge in [0.2, 0.25) is 10.0 Å². The molecule has 0 bridgehead atoms. The Morgan fingerprint density at radius 1 is 1.52 bits per heavy atom. The molecule has 0 amide bonds. The van der Waals surface area contributed by atoms with Gasteiger partial charge in [0.1, 0.15) is 10.9 Å². The topological polar surface area (TPSA) is 89.7 Å². The first-order chi connectivity index (χ1) is 9.87. The quantitative estimate of drug-likeness (QED) is 0.668. The van der Waals surface area contributed by atoms with Crippen molar-refractivity contribution in [3.8, 4) is 0 Å². The van der Waals surface area contributed by atoms with E-state index in [2.05, 4.69) is 0 Å². The number of halogens is 1. The highest BCUT2D eigenvalue weighted by atomic mass is 35.5. The van der Waals surface area contributed by atoms with Gasteiger partial charge in [-0.1, -0.05) is 11.6 Å². The highest BCUT2D eigenvalue weighted by molar-refractivity contribution is 7.89. The molecular formula is C13H17ClN2O4S. The summed E-state index contributed by atoms with van der Waals surface area (Å²) in [5.74, 6) is -0.529. The van der Waals surface area contributed by atoms with Gasteiger partial charge in [-0.2, -0.15) is 4.31 Å². The third kappa shape index (κ3) is 3.14. The Morgan fingerprint density at radius 2 is 2.24 bits per heavy atom. The zero-order valence-corrected chi connectivity index (χ0v) is 13.2. The van der Waals surface area contributed by atoms with Gasteiger partial charge in [0, 0.05) is 12.2 Å². The fourth-order valence-corrected chi connectivity index (χ4v) is 4.50. The van der Waals surface area contributed by atoms with E-state index in [0.717, 1.165) is 4.31 Å². The van der Waals surface area contributed by atoms with Crippen molar-refractivity contribution < 1.29 is 17.9 Å². The van der Waals surface area contributed by atoms with Crippen molar-refractivity contribution in [1.82, 2.24) is 4.31 Å². The van der Waals surface area contributed by atoms with E-state index in [0.29, 0.717) is 18.5 Å². The summed E-state index contributed by atoms with van der Waals surface area (Å²) < 4.78 is 31.5. The number of benzene rings is 1. The second-order valence-electron chi connectivity index (χ2n) is 4.72. The van der Waals surface area contributed by atoms with Crippen LogP contribution in [0.3, 0.4) is 0 Å². The molecular weight excluding hydrogens is 316 g/mol. The Morgan fingerprint density at radius 3 is 2.90 bits per heavy atom. The van der Waals surface area contributed by atoms with Gasteiger partial charge in [-0.3, -0.25) is 4.79 Å². The third-order valence-corrected chi connectivity index (χ3v) is 5.69. The molecule has 1 heterocycles. The Labute approximate surface area is 128 Å². The minimum Gasteiger partial charge on any atom is -0.465 e. The summed E-state index contributed by atoms with van der Waals surface area (Å²) in [5, 5.41) is 0.0821. The molecule has 116 valence electrons. The Balaban J connectivity index is 2.38. The summed E-state index contributed by atoms with van der Waals surface area (Å²) in [5.41, 5.74) is 5.93. The number of carbonyl (C=O) groups excluding carboxylic acids is 1. The van der Waals surface area contributed by atoms with E-state index in [9.17, 15) is 13.2 Å². The van der Waals surface area contributed by atoms with Crippen LogP contribution in [0, 0.1) is 0 Å². The molecule has 1 fully saturated rings. The molecule has 1 unspecified atom stereocenters. The molecule has 21 heavy (non-hydrogen) atoms. The number of nitrogens with two attached hydrogens (primary N) is 1. The number of hydrogen-bond donors (Lipinski definition) is 1. The van der Waals surface area contributed by atoms with Crippen LogP contribution >= 0.6 is 11.6 Å². The largest absolute Gasteiger partial charge is 0.465 e. The molecule has 1 aliphatic rings. The van der Waals surface area contributed by atoms with E-state index >= 15 is 0 Å². The van der Waals surface area contributed by atoms with E-state index < -0.39 is 22.0 Å². The van der Waals surface area contributed by atoms with Crippen LogP contribution in [0.4, 0.5) is 5.69 Å². The fourth-order valence-electron chi connectivity index (χ4n) is 2.35. The zero-order chi connectivity index (χ0) is 15.6. The van der Waals surface area contributed by atoms with Crippen molar-refractivity contribution >= 4 is 33.3 Å². The Bertz CT molecular complexity index is 648. The van der Waals surface area contributed by atoms with Gasteiger partial charge in [-0.15, -0.1) is 0 Å². The molecule has 0 radical (unpaired) electrons. The molecule has 8 heteroatoms. The summed E-state index contributed by atoms with van der Waals surface area (Å²) in [6.07, 6.45) is 1.04. The predicted molar refractivity (Wildman–Crippen MR) is 79.4 cm³/mol. The number of hydrogen-bond acceptors (Lipinski definition) is 5. The lowest BCUT2D eigenvalue weighted by Gasteiger charge is -2.23. The molecule has 1 saturated heterocycles. The van der Waals surface area contributed by atoms with Crippen LogP contribution in [0.25, 0.3) is 0 Å². The van der Waals surface area contributed by atoms with Gasteiger partial charge in [0.25, 0.3) is 0 Å². The standard InChI is InChI=1S/C13H17ClN2O4S/c1-2-20-13(17)11-4-3-7-16(11)21(18,19)12-8-9(15)5-6-10(12)14/h5-6,8,11H,2-4,7,15H2,1H3. The average molecular weight is 333 g/mol. The normalized spacial score (nSPS) is 19.6. The monoisotopic (exact) mass is 332 g/mol. The maximum atomic E-state index is 12.7. The summed E-state index contributed by atoms with van der Waals surface area (Å²) in [6, 6.07) is 3.46. The van der Waals surface area contributed by atoms with Crippen molar-refractivity contribution in [2.24, 2.45) is 0 Å². The molecule has 0 aromatic heterocycles. The summed E-state index contributed by atoms with van der Waals surface area (Å²) in [4.78, 5) is 11.8. The Kier molecular flexibility index (Phi) is 4.75. The number of nitrogen functional groups attached to an aromatic ring is 1. The number of carbonyl (C=O) groups is 1. The Hall–Kier alpha value is -1.31. The number of esters is 1. The molecule has 0 spiro atoms. The first-order valence-corrected chi connectivity index (χ1v) is 8.43. The average Bonchev–Trinajstić information content (AvgIpc) is 2.92. The minimum atomic E-state index is -3.88. The molecule has 1 aliphatic heterocycles. The van der Waals surface area contributed by atoms with Crippen LogP contribution in [0.15, 0.2) is 23.1 Å². The van der Waals surface area contributed by atoms with Crippen LogP contribution in [-0.4, -0.2) is 37.9 Å². The van der Waals surface area contributed by atoms with Crippen LogP contribution in [0.1, 0.15) is 19.8 Å². The molecule has 2 N–H and O–H groups in total. The van der Waals surface area contributed by atoms with Gasteiger partial charge in [-0.25, -0.2) is 8.42 Å². The number of rotatable bonds is 4. The number of sulfonamides is 1. The number of ether oxygens (including phenoxy) is 1. The van der Waals surface area contributed by atoms with E-state index in [1.54, 1.807) is 6.92 Å². The third-order valence-electron chi connectivity index (χ3n) is 3.30. The lowest BCUT2D eigenvalue weighted by Crippen LogP contribution is -2.41. The SMILES string of the molecule is CCOC(=O)C1CCCN1S(=O)(=O)c1cc(N)ccc1Cl. The second kappa shape index (κ2) is 6.21. The lowest BCUT2D eigenvalue weighted by molar-refractivity contribution is -0.146. The predicted octanol–water partition coefficient (Wildman–Crippen LogP) is 1.64. The van der Waals surface area contributed by atoms with Crippen molar-refractivity contribution in [1.29, 1.82) is 0 Å². The molecule has 0 aliphatic carbocycles. The highest BCUT2D eigenvalue weighted by Crippen LogP contribution is 2.31. The second-order valence-corrected chi connectivity index (χ2v) is 6.98. The van der Waals surface area contributed by atoms with Crippen molar-refractivity contribution in [3.63, 3.8) is 0 Å². The molecule has 1 aromatic rings. The number of anilines is 1. The summed E-state index contributed by atoms with van der Waals surface area (Å²) in [6.45, 7) is 2.15. The highest BCUT2D eigenvalue weighted by Gasteiger charge is 2.41. The van der Waals surface area contributed by atoms with Gasteiger partial charge in [-0.05, 0) is 38.0 Å². The van der Waals surface area contributed by atoms with Gasteiger partial charge >= 0.3 is 5.97 Å².